The van der Waals surface area contributed by atoms with E-state index in [9.17, 15) is 30.3 Å². The predicted molar refractivity (Wildman–Crippen MR) is 88.0 cm³/mol. The van der Waals surface area contributed by atoms with E-state index in [-0.39, 0.29) is 12.0 Å². The van der Waals surface area contributed by atoms with E-state index in [1.807, 2.05) is 0 Å². The van der Waals surface area contributed by atoms with Crippen molar-refractivity contribution in [3.05, 3.63) is 11.8 Å². The molecule has 5 unspecified atom stereocenters. The molecule has 0 aromatic carbocycles. The molecule has 3 aliphatic heterocycles. The average Bonchev–Trinajstić information content (AvgIpc) is 2.67. The SMILES string of the molecule is COC(=O)C1=COC(O[C@@H]2O[C@H](CO)[C@@H](O)[C@H](O)[C@H]2O)C2C(C)OC(O)CC12. The molecule has 28 heavy (non-hydrogen) atoms. The fourth-order valence-electron chi connectivity index (χ4n) is 3.91. The highest BCUT2D eigenvalue weighted by Gasteiger charge is 2.51. The predicted octanol–water partition coefficient (Wildman–Crippen LogP) is -2.42. The van der Waals surface area contributed by atoms with Gasteiger partial charge in [-0.25, -0.2) is 4.79 Å². The highest BCUT2D eigenvalue weighted by molar-refractivity contribution is 5.88. The van der Waals surface area contributed by atoms with Gasteiger partial charge < -0.3 is 49.2 Å². The summed E-state index contributed by atoms with van der Waals surface area (Å²) in [5.74, 6) is -1.67. The van der Waals surface area contributed by atoms with Gasteiger partial charge in [-0.3, -0.25) is 0 Å². The van der Waals surface area contributed by atoms with Gasteiger partial charge in [0.1, 0.15) is 24.4 Å². The van der Waals surface area contributed by atoms with Gasteiger partial charge in [-0.05, 0) is 6.92 Å². The standard InChI is InChI=1S/C17H26O11/c1-6-11-7(3-10(19)26-6)8(15(23)24-2)5-25-16(11)28-17-14(22)13(21)12(20)9(4-18)27-17/h5-7,9-14,16-22H,3-4H2,1-2H3/t6?,7?,9-,10?,11?,12-,13+,14-,16?,17+/m1/s1. The molecule has 2 saturated heterocycles. The first-order chi connectivity index (χ1) is 13.3. The number of carbonyl (C=O) groups is 1. The summed E-state index contributed by atoms with van der Waals surface area (Å²) >= 11 is 0. The van der Waals surface area contributed by atoms with Crippen molar-refractivity contribution >= 4 is 5.97 Å². The van der Waals surface area contributed by atoms with Gasteiger partial charge in [-0.1, -0.05) is 0 Å². The number of hydrogen-bond donors (Lipinski definition) is 5. The van der Waals surface area contributed by atoms with Crippen LogP contribution in [-0.2, 0) is 28.5 Å². The Morgan fingerprint density at radius 2 is 1.86 bits per heavy atom. The van der Waals surface area contributed by atoms with Crippen molar-refractivity contribution in [3.63, 3.8) is 0 Å². The lowest BCUT2D eigenvalue weighted by atomic mass is 9.77. The molecule has 3 rings (SSSR count). The van der Waals surface area contributed by atoms with Crippen molar-refractivity contribution in [2.45, 2.75) is 62.7 Å². The van der Waals surface area contributed by atoms with Crippen LogP contribution >= 0.6 is 0 Å². The van der Waals surface area contributed by atoms with Crippen molar-refractivity contribution in [3.8, 4) is 0 Å². The van der Waals surface area contributed by atoms with Crippen LogP contribution in [0.5, 0.6) is 0 Å². The molecule has 0 aromatic heterocycles. The van der Waals surface area contributed by atoms with Crippen molar-refractivity contribution in [2.75, 3.05) is 13.7 Å². The highest BCUT2D eigenvalue weighted by atomic mass is 16.8. The summed E-state index contributed by atoms with van der Waals surface area (Å²) in [6.07, 6.45) is -8.71. The van der Waals surface area contributed by atoms with Gasteiger partial charge >= 0.3 is 5.97 Å². The number of fused-ring (bicyclic) bond motifs is 1. The third kappa shape index (κ3) is 3.89. The molecule has 0 aliphatic carbocycles. The first-order valence-electron chi connectivity index (χ1n) is 9.01. The Bertz CT molecular complexity index is 594. The molecule has 0 amide bonds. The second-order valence-electron chi connectivity index (χ2n) is 7.12. The van der Waals surface area contributed by atoms with Crippen molar-refractivity contribution in [1.82, 2.24) is 0 Å². The van der Waals surface area contributed by atoms with E-state index < -0.39 is 73.8 Å². The Labute approximate surface area is 161 Å². The zero-order valence-electron chi connectivity index (χ0n) is 15.5. The number of aliphatic hydroxyl groups excluding tert-OH is 5. The molecule has 11 nitrogen and oxygen atoms in total. The van der Waals surface area contributed by atoms with Crippen molar-refractivity contribution < 1.29 is 54.0 Å². The molecule has 0 aromatic rings. The summed E-state index contributed by atoms with van der Waals surface area (Å²) in [6, 6.07) is 0. The summed E-state index contributed by atoms with van der Waals surface area (Å²) in [5, 5.41) is 49.2. The molecule has 3 heterocycles. The van der Waals surface area contributed by atoms with Crippen molar-refractivity contribution in [2.24, 2.45) is 11.8 Å². The van der Waals surface area contributed by atoms with Gasteiger partial charge in [-0.15, -0.1) is 0 Å². The van der Waals surface area contributed by atoms with E-state index >= 15 is 0 Å². The van der Waals surface area contributed by atoms with Gasteiger partial charge in [0.25, 0.3) is 0 Å². The quantitative estimate of drug-likeness (QED) is 0.315. The topological polar surface area (TPSA) is 164 Å². The first kappa shape index (κ1) is 21.4. The third-order valence-corrected chi connectivity index (χ3v) is 5.41. The number of carbonyl (C=O) groups excluding carboxylic acids is 1. The van der Waals surface area contributed by atoms with Crippen LogP contribution in [0, 0.1) is 11.8 Å². The average molecular weight is 406 g/mol. The fraction of sp³-hybridized carbons (Fsp3) is 0.824. The number of hydrogen-bond acceptors (Lipinski definition) is 11. The molecule has 2 fully saturated rings. The minimum atomic E-state index is -1.60. The molecule has 3 aliphatic rings. The molecule has 11 heteroatoms. The van der Waals surface area contributed by atoms with Gasteiger partial charge in [-0.2, -0.15) is 0 Å². The summed E-state index contributed by atoms with van der Waals surface area (Å²) in [4.78, 5) is 12.1. The summed E-state index contributed by atoms with van der Waals surface area (Å²) in [6.45, 7) is 1.08. The Hall–Kier alpha value is -1.31. The van der Waals surface area contributed by atoms with E-state index in [0.717, 1.165) is 0 Å². The molecule has 5 N–H and O–H groups in total. The van der Waals surface area contributed by atoms with Crippen LogP contribution in [0.2, 0.25) is 0 Å². The molecule has 0 bridgehead atoms. The number of esters is 1. The lowest BCUT2D eigenvalue weighted by Gasteiger charge is -2.47. The van der Waals surface area contributed by atoms with E-state index in [1.54, 1.807) is 6.92 Å². The maximum absolute atomic E-state index is 12.1. The molecule has 10 atom stereocenters. The van der Waals surface area contributed by atoms with E-state index in [0.29, 0.717) is 0 Å². The largest absolute Gasteiger partial charge is 0.471 e. The Morgan fingerprint density at radius 1 is 1.14 bits per heavy atom. The Kier molecular flexibility index (Phi) is 6.57. The summed E-state index contributed by atoms with van der Waals surface area (Å²) in [5.41, 5.74) is 0.218. The lowest BCUT2D eigenvalue weighted by Crippen LogP contribution is -2.61. The number of methoxy groups -OCH3 is 1. The third-order valence-electron chi connectivity index (χ3n) is 5.41. The van der Waals surface area contributed by atoms with E-state index in [1.165, 1.54) is 13.4 Å². The maximum atomic E-state index is 12.1. The molecule has 0 spiro atoms. The second kappa shape index (κ2) is 8.59. The molecular formula is C17H26O11. The zero-order chi connectivity index (χ0) is 20.6. The summed E-state index contributed by atoms with van der Waals surface area (Å²) < 4.78 is 26.8. The zero-order valence-corrected chi connectivity index (χ0v) is 15.5. The Balaban J connectivity index is 1.81. The van der Waals surface area contributed by atoms with E-state index in [2.05, 4.69) is 0 Å². The van der Waals surface area contributed by atoms with E-state index in [4.69, 9.17) is 23.7 Å². The molecule has 0 radical (unpaired) electrons. The fourth-order valence-corrected chi connectivity index (χ4v) is 3.91. The van der Waals surface area contributed by atoms with Crippen molar-refractivity contribution in [1.29, 1.82) is 0 Å². The Morgan fingerprint density at radius 3 is 2.50 bits per heavy atom. The minimum Gasteiger partial charge on any atom is -0.471 e. The molecular weight excluding hydrogens is 380 g/mol. The van der Waals surface area contributed by atoms with Crippen LogP contribution in [0.25, 0.3) is 0 Å². The van der Waals surface area contributed by atoms with Crippen LogP contribution in [0.1, 0.15) is 13.3 Å². The smallest absolute Gasteiger partial charge is 0.337 e. The first-order valence-corrected chi connectivity index (χ1v) is 9.01. The van der Waals surface area contributed by atoms with Crippen LogP contribution in [0.15, 0.2) is 11.8 Å². The monoisotopic (exact) mass is 406 g/mol. The molecule has 160 valence electrons. The summed E-state index contributed by atoms with van der Waals surface area (Å²) in [7, 11) is 1.23. The normalized spacial score (nSPS) is 46.2. The number of aliphatic hydroxyl groups is 5. The minimum absolute atomic E-state index is 0.105. The van der Waals surface area contributed by atoms with Crippen LogP contribution in [0.3, 0.4) is 0 Å². The van der Waals surface area contributed by atoms with Gasteiger partial charge in [0.15, 0.2) is 12.6 Å². The highest BCUT2D eigenvalue weighted by Crippen LogP contribution is 2.42. The van der Waals surface area contributed by atoms with Gasteiger partial charge in [0, 0.05) is 12.3 Å². The number of rotatable bonds is 4. The maximum Gasteiger partial charge on any atom is 0.337 e. The van der Waals surface area contributed by atoms with Crippen LogP contribution < -0.4 is 0 Å². The van der Waals surface area contributed by atoms with Crippen LogP contribution in [0.4, 0.5) is 0 Å². The van der Waals surface area contributed by atoms with Gasteiger partial charge in [0.05, 0.1) is 37.6 Å². The molecule has 0 saturated carbocycles. The lowest BCUT2D eigenvalue weighted by molar-refractivity contribution is -0.352. The number of ether oxygens (including phenoxy) is 5. The van der Waals surface area contributed by atoms with Gasteiger partial charge in [0.2, 0.25) is 6.29 Å². The van der Waals surface area contributed by atoms with Crippen LogP contribution in [-0.4, -0.2) is 94.6 Å². The second-order valence-corrected chi connectivity index (χ2v) is 7.12.